The van der Waals surface area contributed by atoms with E-state index in [0.717, 1.165) is 18.4 Å². The molecule has 0 saturated heterocycles. The molecule has 0 aromatic rings. The second kappa shape index (κ2) is 10.7. The number of hydrogen-bond donors (Lipinski definition) is 2. The van der Waals surface area contributed by atoms with Crippen molar-refractivity contribution >= 4 is 33.6 Å². The Balaban J connectivity index is 1.63. The SMILES string of the molecule is CCCC(=O)O[C@]1(C(=O)COC(=O)CCS(=O)(=O)O)CC[C@H]2[C@@H]3CCC4=CC(=O)CC[C@]4(C)[C@H]3[C@@H](O)C[C@@]21C. The van der Waals surface area contributed by atoms with E-state index in [-0.39, 0.29) is 48.2 Å². The smallest absolute Gasteiger partial charge is 0.307 e. The number of aliphatic hydroxyl groups is 1. The third kappa shape index (κ3) is 5.34. The number of Topliss-reactive ketones (excluding diaryl/α,β-unsaturated/α-hetero) is 1. The van der Waals surface area contributed by atoms with Crippen molar-refractivity contribution in [3.8, 4) is 0 Å². The molecule has 0 heterocycles. The maximum Gasteiger partial charge on any atom is 0.307 e. The highest BCUT2D eigenvalue weighted by molar-refractivity contribution is 7.85. The van der Waals surface area contributed by atoms with E-state index in [1.165, 1.54) is 0 Å². The number of carbonyl (C=O) groups excluding carboxylic acids is 4. The van der Waals surface area contributed by atoms with E-state index >= 15 is 0 Å². The minimum absolute atomic E-state index is 0.0319. The molecule has 0 spiro atoms. The quantitative estimate of drug-likeness (QED) is 0.312. The van der Waals surface area contributed by atoms with Crippen LogP contribution in [0.25, 0.3) is 0 Å². The lowest BCUT2D eigenvalue weighted by Gasteiger charge is -2.60. The molecule has 3 fully saturated rings. The summed E-state index contributed by atoms with van der Waals surface area (Å²) < 4.78 is 41.9. The van der Waals surface area contributed by atoms with Crippen LogP contribution in [0.1, 0.15) is 85.0 Å². The molecule has 4 rings (SSSR count). The number of ether oxygens (including phenoxy) is 2. The van der Waals surface area contributed by atoms with E-state index in [1.807, 2.05) is 13.8 Å². The van der Waals surface area contributed by atoms with Crippen molar-refractivity contribution in [1.29, 1.82) is 0 Å². The van der Waals surface area contributed by atoms with Gasteiger partial charge >= 0.3 is 11.9 Å². The molecule has 10 nitrogen and oxygen atoms in total. The highest BCUT2D eigenvalue weighted by Gasteiger charge is 2.70. The lowest BCUT2D eigenvalue weighted by Crippen LogP contribution is -2.63. The van der Waals surface area contributed by atoms with Crippen molar-refractivity contribution in [2.75, 3.05) is 12.4 Å². The first-order valence-corrected chi connectivity index (χ1v) is 15.6. The number of carbonyl (C=O) groups is 4. The van der Waals surface area contributed by atoms with Crippen LogP contribution in [0.5, 0.6) is 0 Å². The van der Waals surface area contributed by atoms with Crippen LogP contribution in [0, 0.1) is 28.6 Å². The van der Waals surface area contributed by atoms with Gasteiger partial charge in [0.2, 0.25) is 5.78 Å². The van der Waals surface area contributed by atoms with E-state index in [0.29, 0.717) is 25.7 Å². The Kier molecular flexibility index (Phi) is 8.20. The molecule has 39 heavy (non-hydrogen) atoms. The van der Waals surface area contributed by atoms with Crippen molar-refractivity contribution in [2.45, 2.75) is 96.7 Å². The Labute approximate surface area is 229 Å². The first-order chi connectivity index (χ1) is 18.2. The van der Waals surface area contributed by atoms with Crippen molar-refractivity contribution in [3.63, 3.8) is 0 Å². The van der Waals surface area contributed by atoms with Crippen LogP contribution < -0.4 is 0 Å². The lowest BCUT2D eigenvalue weighted by atomic mass is 9.45. The molecule has 4 aliphatic carbocycles. The zero-order valence-corrected chi connectivity index (χ0v) is 23.8. The molecule has 0 radical (unpaired) electrons. The molecule has 218 valence electrons. The molecule has 7 atom stereocenters. The summed E-state index contributed by atoms with van der Waals surface area (Å²) >= 11 is 0. The molecule has 0 bridgehead atoms. The Morgan fingerprint density at radius 3 is 2.46 bits per heavy atom. The Hall–Kier alpha value is -2.11. The monoisotopic (exact) mass is 568 g/mol. The van der Waals surface area contributed by atoms with E-state index in [2.05, 4.69) is 6.92 Å². The molecule has 0 aromatic heterocycles. The van der Waals surface area contributed by atoms with Crippen LogP contribution in [0.15, 0.2) is 11.6 Å². The van der Waals surface area contributed by atoms with Gasteiger partial charge in [0.25, 0.3) is 10.1 Å². The topological polar surface area (TPSA) is 161 Å². The fourth-order valence-electron chi connectivity index (χ4n) is 8.35. The second-order valence-corrected chi connectivity index (χ2v) is 13.9. The number of aliphatic hydroxyl groups excluding tert-OH is 1. The van der Waals surface area contributed by atoms with Gasteiger partial charge in [-0.1, -0.05) is 26.3 Å². The summed E-state index contributed by atoms with van der Waals surface area (Å²) in [5.74, 6) is -2.85. The van der Waals surface area contributed by atoms with E-state index in [4.69, 9.17) is 14.0 Å². The normalized spacial score (nSPS) is 37.7. The van der Waals surface area contributed by atoms with E-state index < -0.39 is 63.7 Å². The predicted molar refractivity (Wildman–Crippen MR) is 139 cm³/mol. The number of allylic oxidation sites excluding steroid dienone is 1. The second-order valence-electron chi connectivity index (χ2n) is 12.3. The van der Waals surface area contributed by atoms with Crippen LogP contribution in [0.4, 0.5) is 0 Å². The maximum absolute atomic E-state index is 13.8. The number of esters is 2. The Morgan fingerprint density at radius 2 is 1.79 bits per heavy atom. The van der Waals surface area contributed by atoms with Gasteiger partial charge in [-0.05, 0) is 74.2 Å². The molecule has 0 unspecified atom stereocenters. The van der Waals surface area contributed by atoms with Crippen LogP contribution >= 0.6 is 0 Å². The maximum atomic E-state index is 13.8. The zero-order valence-electron chi connectivity index (χ0n) is 22.9. The molecule has 0 amide bonds. The van der Waals surface area contributed by atoms with Crippen molar-refractivity contribution < 1.29 is 46.7 Å². The van der Waals surface area contributed by atoms with Crippen LogP contribution in [-0.2, 0) is 38.8 Å². The summed E-state index contributed by atoms with van der Waals surface area (Å²) in [6.07, 6.45) is 4.65. The Bertz CT molecular complexity index is 1170. The lowest BCUT2D eigenvalue weighted by molar-refractivity contribution is -0.203. The summed E-state index contributed by atoms with van der Waals surface area (Å²) in [6, 6.07) is 0. The molecule has 0 aliphatic heterocycles. The van der Waals surface area contributed by atoms with Crippen molar-refractivity contribution in [1.82, 2.24) is 0 Å². The zero-order chi connectivity index (χ0) is 28.8. The molecule has 4 aliphatic rings. The minimum atomic E-state index is -4.37. The highest BCUT2D eigenvalue weighted by Crippen LogP contribution is 2.68. The summed E-state index contributed by atoms with van der Waals surface area (Å²) in [5.41, 5.74) is -1.72. The van der Waals surface area contributed by atoms with Gasteiger partial charge in [0.1, 0.15) is 0 Å². The average molecular weight is 569 g/mol. The standard InChI is InChI=1S/C28H40O10S/c1-4-5-24(33)38-28(22(31)16-37-23(32)10-13-39(34,35)36)12-9-20-19-7-6-17-14-18(29)8-11-26(17,2)25(19)21(30)15-27(20,28)3/h14,19-21,25,30H,4-13,15-16H2,1-3H3,(H,34,35,36)/t19-,20-,21-,25+,26-,27-,28-/m0/s1. The fourth-order valence-corrected chi connectivity index (χ4v) is 8.78. The van der Waals surface area contributed by atoms with Gasteiger partial charge in [0, 0.05) is 18.3 Å². The van der Waals surface area contributed by atoms with E-state index in [1.54, 1.807) is 6.08 Å². The molecular weight excluding hydrogens is 528 g/mol. The number of rotatable bonds is 9. The molecule has 3 saturated carbocycles. The van der Waals surface area contributed by atoms with Gasteiger partial charge in [-0.25, -0.2) is 0 Å². The molecular formula is C28H40O10S. The largest absolute Gasteiger partial charge is 0.457 e. The number of hydrogen-bond acceptors (Lipinski definition) is 9. The van der Waals surface area contributed by atoms with Gasteiger partial charge in [-0.15, -0.1) is 0 Å². The minimum Gasteiger partial charge on any atom is -0.457 e. The molecule has 0 aromatic carbocycles. The summed E-state index contributed by atoms with van der Waals surface area (Å²) in [7, 11) is -4.37. The third-order valence-electron chi connectivity index (χ3n) is 10.1. The average Bonchev–Trinajstić information content (AvgIpc) is 3.13. The summed E-state index contributed by atoms with van der Waals surface area (Å²) in [4.78, 5) is 50.9. The van der Waals surface area contributed by atoms with Crippen molar-refractivity contribution in [3.05, 3.63) is 11.6 Å². The van der Waals surface area contributed by atoms with Crippen LogP contribution in [0.2, 0.25) is 0 Å². The first-order valence-electron chi connectivity index (χ1n) is 13.9. The molecule has 11 heteroatoms. The van der Waals surface area contributed by atoms with Gasteiger partial charge in [0.15, 0.2) is 18.0 Å². The summed E-state index contributed by atoms with van der Waals surface area (Å²) in [6.45, 7) is 5.14. The number of ketones is 2. The summed E-state index contributed by atoms with van der Waals surface area (Å²) in [5, 5.41) is 11.7. The number of fused-ring (bicyclic) bond motifs is 5. The van der Waals surface area contributed by atoms with Gasteiger partial charge in [-0.2, -0.15) is 8.42 Å². The van der Waals surface area contributed by atoms with E-state index in [9.17, 15) is 32.7 Å². The Morgan fingerprint density at radius 1 is 1.08 bits per heavy atom. The highest BCUT2D eigenvalue weighted by atomic mass is 32.2. The third-order valence-corrected chi connectivity index (χ3v) is 10.9. The first kappa shape index (κ1) is 29.9. The van der Waals surface area contributed by atoms with Gasteiger partial charge in [0.05, 0.1) is 18.3 Å². The predicted octanol–water partition coefficient (Wildman–Crippen LogP) is 2.96. The van der Waals surface area contributed by atoms with Crippen molar-refractivity contribution in [2.24, 2.45) is 28.6 Å². The van der Waals surface area contributed by atoms with Crippen LogP contribution in [0.3, 0.4) is 0 Å². The van der Waals surface area contributed by atoms with Gasteiger partial charge in [-0.3, -0.25) is 23.7 Å². The van der Waals surface area contributed by atoms with Gasteiger partial charge < -0.3 is 14.6 Å². The fraction of sp³-hybridized carbons (Fsp3) is 0.786. The van der Waals surface area contributed by atoms with Crippen LogP contribution in [-0.4, -0.2) is 65.6 Å². The molecule has 2 N–H and O–H groups in total.